The number of nitrogens with zero attached hydrogens (tertiary/aromatic N) is 1. The van der Waals surface area contributed by atoms with Gasteiger partial charge in [-0.25, -0.2) is 4.79 Å². The second-order valence-corrected chi connectivity index (χ2v) is 4.45. The molecule has 1 fully saturated rings. The summed E-state index contributed by atoms with van der Waals surface area (Å²) in [6.45, 7) is 0. The maximum Gasteiger partial charge on any atom is 0.337 e. The highest BCUT2D eigenvalue weighted by Gasteiger charge is 2.27. The summed E-state index contributed by atoms with van der Waals surface area (Å²) in [5.74, 6) is -0.215. The van der Waals surface area contributed by atoms with Gasteiger partial charge in [-0.2, -0.15) is 0 Å². The lowest BCUT2D eigenvalue weighted by atomic mass is 10.1. The number of hydrogen-bond acceptors (Lipinski definition) is 1. The smallest absolute Gasteiger partial charge is 0.337 e. The average molecular weight is 215 g/mol. The third kappa shape index (κ3) is 1.24. The Bertz CT molecular complexity index is 579. The molecule has 0 aliphatic heterocycles. The molecule has 1 aliphatic rings. The molecule has 3 nitrogen and oxygen atoms in total. The van der Waals surface area contributed by atoms with Crippen molar-refractivity contribution < 1.29 is 9.90 Å². The third-order valence-corrected chi connectivity index (χ3v) is 3.32. The Kier molecular flexibility index (Phi) is 1.84. The summed E-state index contributed by atoms with van der Waals surface area (Å²) in [6, 6.07) is 7.58. The molecule has 0 spiro atoms. The summed E-state index contributed by atoms with van der Waals surface area (Å²) in [6.07, 6.45) is 2.46. The molecule has 3 rings (SSSR count). The first-order chi connectivity index (χ1) is 7.68. The summed E-state index contributed by atoms with van der Waals surface area (Å²) in [4.78, 5) is 11.1. The van der Waals surface area contributed by atoms with Crippen LogP contribution in [0.2, 0.25) is 0 Å². The number of hydrogen-bond donors (Lipinski definition) is 1. The summed E-state index contributed by atoms with van der Waals surface area (Å²) >= 11 is 0. The standard InChI is InChI=1S/C13H13NO2/c1-14-11(8-5-6-8)7-9-3-2-4-10(12(9)14)13(15)16/h2-4,7-8H,5-6H2,1H3,(H,15,16). The fourth-order valence-corrected chi connectivity index (χ4v) is 2.38. The number of carboxylic acid groups (broad SMARTS) is 1. The van der Waals surface area contributed by atoms with Gasteiger partial charge in [0.1, 0.15) is 0 Å². The van der Waals surface area contributed by atoms with Gasteiger partial charge in [0, 0.05) is 18.1 Å². The van der Waals surface area contributed by atoms with E-state index >= 15 is 0 Å². The molecule has 1 heterocycles. The number of aromatic nitrogens is 1. The molecule has 3 heteroatoms. The number of carboxylic acids is 1. The SMILES string of the molecule is Cn1c(C2CC2)cc2cccc(C(=O)O)c21. The van der Waals surface area contributed by atoms with Gasteiger partial charge in [0.25, 0.3) is 0 Å². The number of aromatic carboxylic acids is 1. The molecule has 0 radical (unpaired) electrons. The minimum absolute atomic E-state index is 0.395. The summed E-state index contributed by atoms with van der Waals surface area (Å²) in [7, 11) is 1.96. The first kappa shape index (κ1) is 9.46. The molecule has 0 saturated heterocycles. The number of rotatable bonds is 2. The van der Waals surface area contributed by atoms with Gasteiger partial charge in [0.05, 0.1) is 11.1 Å². The molecule has 0 atom stereocenters. The van der Waals surface area contributed by atoms with Crippen molar-refractivity contribution in [2.24, 2.45) is 7.05 Å². The Labute approximate surface area is 93.3 Å². The lowest BCUT2D eigenvalue weighted by Crippen LogP contribution is -2.01. The van der Waals surface area contributed by atoms with Crippen molar-refractivity contribution in [2.75, 3.05) is 0 Å². The second kappa shape index (κ2) is 3.11. The zero-order valence-electron chi connectivity index (χ0n) is 9.10. The van der Waals surface area contributed by atoms with Gasteiger partial charge >= 0.3 is 5.97 Å². The fraction of sp³-hybridized carbons (Fsp3) is 0.308. The van der Waals surface area contributed by atoms with Crippen LogP contribution in [0.15, 0.2) is 24.3 Å². The molecule has 0 amide bonds. The minimum atomic E-state index is -0.853. The van der Waals surface area contributed by atoms with Gasteiger partial charge in [-0.15, -0.1) is 0 Å². The molecule has 16 heavy (non-hydrogen) atoms. The van der Waals surface area contributed by atoms with Crippen LogP contribution in [-0.2, 0) is 7.05 Å². The Hall–Kier alpha value is -1.77. The molecule has 82 valence electrons. The van der Waals surface area contributed by atoms with Crippen LogP contribution in [-0.4, -0.2) is 15.6 Å². The van der Waals surface area contributed by atoms with Crippen molar-refractivity contribution in [3.05, 3.63) is 35.5 Å². The number of aryl methyl sites for hydroxylation is 1. The van der Waals surface area contributed by atoms with Crippen LogP contribution in [0.1, 0.15) is 34.8 Å². The van der Waals surface area contributed by atoms with Gasteiger partial charge in [-0.3, -0.25) is 0 Å². The fourth-order valence-electron chi connectivity index (χ4n) is 2.38. The number of benzene rings is 1. The molecule has 2 aromatic rings. The molecular formula is C13H13NO2. The van der Waals surface area contributed by atoms with Crippen molar-refractivity contribution >= 4 is 16.9 Å². The van der Waals surface area contributed by atoms with Crippen molar-refractivity contribution in [2.45, 2.75) is 18.8 Å². The largest absolute Gasteiger partial charge is 0.478 e. The minimum Gasteiger partial charge on any atom is -0.478 e. The van der Waals surface area contributed by atoms with Crippen LogP contribution >= 0.6 is 0 Å². The van der Waals surface area contributed by atoms with E-state index in [0.717, 1.165) is 10.9 Å². The van der Waals surface area contributed by atoms with Crippen LogP contribution in [0.25, 0.3) is 10.9 Å². The van der Waals surface area contributed by atoms with Crippen LogP contribution in [0, 0.1) is 0 Å². The molecule has 1 aromatic heterocycles. The van der Waals surface area contributed by atoms with Crippen LogP contribution in [0.3, 0.4) is 0 Å². The lowest BCUT2D eigenvalue weighted by molar-refractivity contribution is 0.0698. The number of carbonyl (C=O) groups is 1. The molecule has 0 unspecified atom stereocenters. The molecule has 1 aromatic carbocycles. The third-order valence-electron chi connectivity index (χ3n) is 3.32. The van der Waals surface area contributed by atoms with Gasteiger partial charge in [0.2, 0.25) is 0 Å². The molecule has 1 N–H and O–H groups in total. The first-order valence-electron chi connectivity index (χ1n) is 5.50. The van der Waals surface area contributed by atoms with Crippen molar-refractivity contribution in [3.63, 3.8) is 0 Å². The Morgan fingerprint density at radius 3 is 2.81 bits per heavy atom. The van der Waals surface area contributed by atoms with Gasteiger partial charge in [-0.1, -0.05) is 12.1 Å². The van der Waals surface area contributed by atoms with Crippen LogP contribution in [0.5, 0.6) is 0 Å². The van der Waals surface area contributed by atoms with Gasteiger partial charge in [0.15, 0.2) is 0 Å². The van der Waals surface area contributed by atoms with Crippen LogP contribution in [0.4, 0.5) is 0 Å². The Balaban J connectivity index is 2.33. The second-order valence-electron chi connectivity index (χ2n) is 4.45. The highest BCUT2D eigenvalue weighted by molar-refractivity contribution is 6.02. The van der Waals surface area contributed by atoms with E-state index in [1.807, 2.05) is 23.7 Å². The maximum atomic E-state index is 11.1. The average Bonchev–Trinajstić information content (AvgIpc) is 3.04. The van der Waals surface area contributed by atoms with Crippen molar-refractivity contribution in [1.82, 2.24) is 4.57 Å². The zero-order valence-corrected chi connectivity index (χ0v) is 9.10. The van der Waals surface area contributed by atoms with E-state index in [1.165, 1.54) is 18.5 Å². The topological polar surface area (TPSA) is 42.2 Å². The highest BCUT2D eigenvalue weighted by atomic mass is 16.4. The monoisotopic (exact) mass is 215 g/mol. The first-order valence-corrected chi connectivity index (χ1v) is 5.50. The van der Waals surface area contributed by atoms with E-state index in [0.29, 0.717) is 11.5 Å². The molecule has 1 saturated carbocycles. The zero-order chi connectivity index (χ0) is 11.3. The van der Waals surface area contributed by atoms with E-state index < -0.39 is 5.97 Å². The van der Waals surface area contributed by atoms with E-state index in [9.17, 15) is 4.79 Å². The summed E-state index contributed by atoms with van der Waals surface area (Å²) in [5, 5.41) is 10.2. The number of para-hydroxylation sites is 1. The van der Waals surface area contributed by atoms with E-state index in [2.05, 4.69) is 6.07 Å². The highest BCUT2D eigenvalue weighted by Crippen LogP contribution is 2.42. The normalized spacial score (nSPS) is 15.6. The predicted molar refractivity (Wildman–Crippen MR) is 61.9 cm³/mol. The predicted octanol–water partition coefficient (Wildman–Crippen LogP) is 2.75. The maximum absolute atomic E-state index is 11.1. The molecule has 1 aliphatic carbocycles. The van der Waals surface area contributed by atoms with E-state index in [1.54, 1.807) is 6.07 Å². The van der Waals surface area contributed by atoms with Gasteiger partial charge < -0.3 is 9.67 Å². The van der Waals surface area contributed by atoms with Crippen LogP contribution < -0.4 is 0 Å². The summed E-state index contributed by atoms with van der Waals surface area (Å²) in [5.41, 5.74) is 2.51. The van der Waals surface area contributed by atoms with Gasteiger partial charge in [-0.05, 0) is 30.9 Å². The molecule has 0 bridgehead atoms. The van der Waals surface area contributed by atoms with Crippen molar-refractivity contribution in [3.8, 4) is 0 Å². The van der Waals surface area contributed by atoms with E-state index in [4.69, 9.17) is 5.11 Å². The Morgan fingerprint density at radius 1 is 1.44 bits per heavy atom. The quantitative estimate of drug-likeness (QED) is 0.836. The number of fused-ring (bicyclic) bond motifs is 1. The Morgan fingerprint density at radius 2 is 2.19 bits per heavy atom. The van der Waals surface area contributed by atoms with Crippen molar-refractivity contribution in [1.29, 1.82) is 0 Å². The van der Waals surface area contributed by atoms with E-state index in [-0.39, 0.29) is 0 Å². The molecular weight excluding hydrogens is 202 g/mol. The lowest BCUT2D eigenvalue weighted by Gasteiger charge is -2.04. The summed E-state index contributed by atoms with van der Waals surface area (Å²) < 4.78 is 2.04.